The number of unbranched alkanes of at least 4 members (excludes halogenated alkanes) is 12. The van der Waals surface area contributed by atoms with Crippen LogP contribution in [0.15, 0.2) is 11.6 Å². The first-order valence-corrected chi connectivity index (χ1v) is 11.5. The highest BCUT2D eigenvalue weighted by Crippen LogP contribution is 2.14. The molecule has 0 saturated heterocycles. The van der Waals surface area contributed by atoms with Crippen LogP contribution in [0.5, 0.6) is 0 Å². The fourth-order valence-corrected chi connectivity index (χ4v) is 3.31. The van der Waals surface area contributed by atoms with Crippen LogP contribution >= 0.6 is 0 Å². The molecule has 0 rings (SSSR count). The van der Waals surface area contributed by atoms with Gasteiger partial charge in [0.05, 0.1) is 12.7 Å². The summed E-state index contributed by atoms with van der Waals surface area (Å²) in [4.78, 5) is 10.7. The maximum absolute atomic E-state index is 10.7. The first-order chi connectivity index (χ1) is 13.1. The van der Waals surface area contributed by atoms with Crippen molar-refractivity contribution >= 4 is 5.97 Å². The number of esters is 1. The van der Waals surface area contributed by atoms with Crippen LogP contribution in [0.3, 0.4) is 0 Å². The van der Waals surface area contributed by atoms with Gasteiger partial charge < -0.3 is 9.84 Å². The average Bonchev–Trinajstić information content (AvgIpc) is 2.63. The highest BCUT2D eigenvalue weighted by Gasteiger charge is 2.03. The van der Waals surface area contributed by atoms with Crippen molar-refractivity contribution in [2.45, 2.75) is 130 Å². The summed E-state index contributed by atoms with van der Waals surface area (Å²) in [6.07, 6.45) is 21.8. The Hall–Kier alpha value is -0.830. The second-order valence-electron chi connectivity index (χ2n) is 8.06. The van der Waals surface area contributed by atoms with Crippen molar-refractivity contribution in [2.75, 3.05) is 6.61 Å². The van der Waals surface area contributed by atoms with Gasteiger partial charge in [-0.1, -0.05) is 102 Å². The van der Waals surface area contributed by atoms with Gasteiger partial charge in [0.2, 0.25) is 0 Å². The van der Waals surface area contributed by atoms with E-state index in [9.17, 15) is 9.90 Å². The number of hydrogen-bond donors (Lipinski definition) is 1. The van der Waals surface area contributed by atoms with E-state index in [-0.39, 0.29) is 12.1 Å². The van der Waals surface area contributed by atoms with Crippen molar-refractivity contribution in [3.63, 3.8) is 0 Å². The minimum absolute atomic E-state index is 0.231. The summed E-state index contributed by atoms with van der Waals surface area (Å²) in [6, 6.07) is 0. The minimum atomic E-state index is -0.235. The Morgan fingerprint density at radius 1 is 0.852 bits per heavy atom. The van der Waals surface area contributed by atoms with E-state index in [2.05, 4.69) is 13.0 Å². The van der Waals surface area contributed by atoms with E-state index < -0.39 is 0 Å². The van der Waals surface area contributed by atoms with Crippen LogP contribution in [-0.2, 0) is 9.53 Å². The zero-order valence-corrected chi connectivity index (χ0v) is 18.4. The second kappa shape index (κ2) is 19.9. The maximum Gasteiger partial charge on any atom is 0.302 e. The Kier molecular flexibility index (Phi) is 19.3. The molecule has 0 aromatic heterocycles. The third kappa shape index (κ3) is 21.3. The van der Waals surface area contributed by atoms with E-state index in [0.717, 1.165) is 19.3 Å². The van der Waals surface area contributed by atoms with Gasteiger partial charge in [-0.05, 0) is 19.8 Å². The molecule has 0 bridgehead atoms. The molecule has 0 aliphatic heterocycles. The summed E-state index contributed by atoms with van der Waals surface area (Å²) in [5.41, 5.74) is 1.18. The molecule has 27 heavy (non-hydrogen) atoms. The van der Waals surface area contributed by atoms with Crippen molar-refractivity contribution < 1.29 is 14.6 Å². The molecule has 0 aliphatic rings. The van der Waals surface area contributed by atoms with Crippen LogP contribution in [0.1, 0.15) is 124 Å². The molecule has 1 unspecified atom stereocenters. The van der Waals surface area contributed by atoms with Crippen LogP contribution in [0.4, 0.5) is 0 Å². The minimum Gasteiger partial charge on any atom is -0.466 e. The summed E-state index contributed by atoms with van der Waals surface area (Å²) < 4.78 is 4.93. The van der Waals surface area contributed by atoms with Crippen LogP contribution < -0.4 is 0 Å². The Balaban J connectivity index is 3.35. The van der Waals surface area contributed by atoms with E-state index >= 15 is 0 Å². The Labute approximate surface area is 169 Å². The summed E-state index contributed by atoms with van der Waals surface area (Å²) >= 11 is 0. The second-order valence-corrected chi connectivity index (χ2v) is 8.06. The summed E-state index contributed by atoms with van der Waals surface area (Å²) in [5, 5.41) is 10.1. The van der Waals surface area contributed by atoms with Crippen molar-refractivity contribution in [3.05, 3.63) is 11.6 Å². The van der Waals surface area contributed by atoms with Crippen LogP contribution in [0.25, 0.3) is 0 Å². The van der Waals surface area contributed by atoms with E-state index in [1.807, 2.05) is 6.92 Å². The number of ether oxygens (including phenoxy) is 1. The number of aliphatic hydroxyl groups is 1. The molecular weight excluding hydrogens is 336 g/mol. The van der Waals surface area contributed by atoms with E-state index in [1.54, 1.807) is 0 Å². The van der Waals surface area contributed by atoms with Gasteiger partial charge in [-0.15, -0.1) is 0 Å². The third-order valence-corrected chi connectivity index (χ3v) is 5.18. The highest BCUT2D eigenvalue weighted by molar-refractivity contribution is 5.65. The molecule has 0 fully saturated rings. The SMILES string of the molecule is CCCCCCCCCCCCCCCC(O)CC=C(C)CCOC(C)=O. The molecule has 0 aromatic rings. The van der Waals surface area contributed by atoms with Crippen LogP contribution in [-0.4, -0.2) is 23.8 Å². The number of hydrogen-bond acceptors (Lipinski definition) is 3. The Morgan fingerprint density at radius 2 is 1.33 bits per heavy atom. The van der Waals surface area contributed by atoms with E-state index in [1.165, 1.54) is 89.5 Å². The van der Waals surface area contributed by atoms with Crippen LogP contribution in [0, 0.1) is 0 Å². The number of rotatable bonds is 19. The molecule has 0 saturated carbocycles. The van der Waals surface area contributed by atoms with Gasteiger partial charge in [0.15, 0.2) is 0 Å². The molecule has 0 amide bonds. The maximum atomic E-state index is 10.7. The number of carbonyl (C=O) groups excluding carboxylic acids is 1. The van der Waals surface area contributed by atoms with Crippen LogP contribution in [0.2, 0.25) is 0 Å². The molecule has 0 heterocycles. The summed E-state index contributed by atoms with van der Waals surface area (Å²) in [7, 11) is 0. The van der Waals surface area contributed by atoms with E-state index in [0.29, 0.717) is 13.0 Å². The molecule has 0 aliphatic carbocycles. The average molecular weight is 383 g/mol. The zero-order valence-electron chi connectivity index (χ0n) is 18.4. The fraction of sp³-hybridized carbons (Fsp3) is 0.875. The lowest BCUT2D eigenvalue weighted by Crippen LogP contribution is -2.05. The summed E-state index contributed by atoms with van der Waals surface area (Å²) in [6.45, 7) is 6.17. The smallest absolute Gasteiger partial charge is 0.302 e. The molecule has 0 spiro atoms. The summed E-state index contributed by atoms with van der Waals surface area (Å²) in [5.74, 6) is -0.231. The Bertz CT molecular complexity index is 363. The molecule has 0 radical (unpaired) electrons. The molecule has 3 heteroatoms. The molecule has 0 aromatic carbocycles. The van der Waals surface area contributed by atoms with Crippen molar-refractivity contribution in [1.29, 1.82) is 0 Å². The van der Waals surface area contributed by atoms with Gasteiger partial charge in [-0.2, -0.15) is 0 Å². The molecule has 3 nitrogen and oxygen atoms in total. The standard InChI is InChI=1S/C24H46O3/c1-4-5-6-7-8-9-10-11-12-13-14-15-16-17-24(26)19-18-22(2)20-21-27-23(3)25/h18,24,26H,4-17,19-21H2,1-3H3. The molecule has 160 valence electrons. The predicted molar refractivity (Wildman–Crippen MR) is 116 cm³/mol. The zero-order chi connectivity index (χ0) is 20.2. The fourth-order valence-electron chi connectivity index (χ4n) is 3.31. The number of carbonyl (C=O) groups is 1. The van der Waals surface area contributed by atoms with Gasteiger partial charge in [0.25, 0.3) is 0 Å². The Morgan fingerprint density at radius 3 is 1.81 bits per heavy atom. The highest BCUT2D eigenvalue weighted by atomic mass is 16.5. The number of aliphatic hydroxyl groups excluding tert-OH is 1. The first kappa shape index (κ1) is 26.2. The predicted octanol–water partition coefficient (Wildman–Crippen LogP) is 7.12. The van der Waals surface area contributed by atoms with Gasteiger partial charge >= 0.3 is 5.97 Å². The van der Waals surface area contributed by atoms with E-state index in [4.69, 9.17) is 4.74 Å². The topological polar surface area (TPSA) is 46.5 Å². The van der Waals surface area contributed by atoms with Crippen molar-refractivity contribution in [3.8, 4) is 0 Å². The largest absolute Gasteiger partial charge is 0.466 e. The van der Waals surface area contributed by atoms with Gasteiger partial charge in [-0.3, -0.25) is 4.79 Å². The van der Waals surface area contributed by atoms with Gasteiger partial charge in [-0.25, -0.2) is 0 Å². The molecule has 1 atom stereocenters. The monoisotopic (exact) mass is 382 g/mol. The molecule has 1 N–H and O–H groups in total. The van der Waals surface area contributed by atoms with Crippen molar-refractivity contribution in [1.82, 2.24) is 0 Å². The third-order valence-electron chi connectivity index (χ3n) is 5.18. The van der Waals surface area contributed by atoms with Crippen molar-refractivity contribution in [2.24, 2.45) is 0 Å². The van der Waals surface area contributed by atoms with Gasteiger partial charge in [0.1, 0.15) is 0 Å². The first-order valence-electron chi connectivity index (χ1n) is 11.5. The lowest BCUT2D eigenvalue weighted by molar-refractivity contribution is -0.140. The van der Waals surface area contributed by atoms with Gasteiger partial charge in [0, 0.05) is 13.3 Å². The lowest BCUT2D eigenvalue weighted by atomic mass is 10.0. The normalized spacial score (nSPS) is 13.0. The quantitative estimate of drug-likeness (QED) is 0.147. The lowest BCUT2D eigenvalue weighted by Gasteiger charge is -2.09. The molecular formula is C24H46O3.